The fraction of sp³-hybridized carbons (Fsp3) is 0.250. The van der Waals surface area contributed by atoms with Crippen LogP contribution in [0.3, 0.4) is 0 Å². The van der Waals surface area contributed by atoms with Crippen LogP contribution in [0, 0.1) is 11.6 Å². The number of hydrogen-bond donors (Lipinski definition) is 2. The molecule has 0 bridgehead atoms. The molecule has 2 N–H and O–H groups in total. The summed E-state index contributed by atoms with van der Waals surface area (Å²) in [5.41, 5.74) is 1.37. The fourth-order valence-corrected chi connectivity index (χ4v) is 1.95. The van der Waals surface area contributed by atoms with Gasteiger partial charge in [-0.15, -0.1) is 0 Å². The Morgan fingerprint density at radius 3 is 2.82 bits per heavy atom. The number of aliphatic imine (C=N–C) groups is 1. The molecule has 0 spiro atoms. The summed E-state index contributed by atoms with van der Waals surface area (Å²) in [6, 6.07) is 7.26. The monoisotopic (exact) mass is 304 g/mol. The summed E-state index contributed by atoms with van der Waals surface area (Å²) in [6.45, 7) is 0.827. The first-order valence-corrected chi connectivity index (χ1v) is 6.96. The lowest BCUT2D eigenvalue weighted by molar-refractivity contribution is 0.581. The van der Waals surface area contributed by atoms with Crippen molar-refractivity contribution in [2.75, 3.05) is 13.6 Å². The predicted octanol–water partition coefficient (Wildman–Crippen LogP) is 2.27. The van der Waals surface area contributed by atoms with Crippen LogP contribution in [0.5, 0.6) is 0 Å². The summed E-state index contributed by atoms with van der Waals surface area (Å²) in [4.78, 5) is 8.09. The number of pyridine rings is 1. The van der Waals surface area contributed by atoms with Crippen molar-refractivity contribution in [3.8, 4) is 0 Å². The molecule has 2 aromatic rings. The van der Waals surface area contributed by atoms with Crippen LogP contribution in [-0.4, -0.2) is 24.5 Å². The van der Waals surface area contributed by atoms with Crippen molar-refractivity contribution in [1.29, 1.82) is 0 Å². The first-order valence-electron chi connectivity index (χ1n) is 6.96. The number of aromatic nitrogens is 1. The normalized spacial score (nSPS) is 11.3. The Hall–Kier alpha value is -2.50. The van der Waals surface area contributed by atoms with Gasteiger partial charge in [-0.05, 0) is 36.2 Å². The number of nitrogens with one attached hydrogen (secondary N) is 2. The van der Waals surface area contributed by atoms with Gasteiger partial charge in [-0.3, -0.25) is 9.98 Å². The second-order valence-corrected chi connectivity index (χ2v) is 4.70. The van der Waals surface area contributed by atoms with Gasteiger partial charge in [0, 0.05) is 38.1 Å². The van der Waals surface area contributed by atoms with E-state index >= 15 is 0 Å². The lowest BCUT2D eigenvalue weighted by atomic mass is 10.2. The first kappa shape index (κ1) is 15.9. The molecule has 0 atom stereocenters. The molecule has 116 valence electrons. The van der Waals surface area contributed by atoms with Crippen LogP contribution in [0.1, 0.15) is 11.1 Å². The minimum Gasteiger partial charge on any atom is -0.356 e. The van der Waals surface area contributed by atoms with Gasteiger partial charge in [0.2, 0.25) is 0 Å². The summed E-state index contributed by atoms with van der Waals surface area (Å²) in [6.07, 6.45) is 4.33. The average Bonchev–Trinajstić information content (AvgIpc) is 2.54. The van der Waals surface area contributed by atoms with Crippen LogP contribution in [0.2, 0.25) is 0 Å². The highest BCUT2D eigenvalue weighted by molar-refractivity contribution is 5.79. The molecular formula is C16H18F2N4. The van der Waals surface area contributed by atoms with Crippen molar-refractivity contribution in [3.05, 3.63) is 65.5 Å². The van der Waals surface area contributed by atoms with Gasteiger partial charge in [0.05, 0.1) is 0 Å². The number of benzene rings is 1. The van der Waals surface area contributed by atoms with Gasteiger partial charge in [0.25, 0.3) is 0 Å². The molecule has 1 aromatic carbocycles. The molecule has 0 saturated carbocycles. The zero-order valence-corrected chi connectivity index (χ0v) is 12.3. The van der Waals surface area contributed by atoms with Crippen LogP contribution < -0.4 is 10.6 Å². The Labute approximate surface area is 128 Å². The maximum absolute atomic E-state index is 13.5. The molecule has 0 unspecified atom stereocenters. The van der Waals surface area contributed by atoms with E-state index in [4.69, 9.17) is 0 Å². The Kier molecular flexibility index (Phi) is 5.82. The Bertz CT molecular complexity index is 629. The summed E-state index contributed by atoms with van der Waals surface area (Å²) in [5, 5.41) is 6.07. The Morgan fingerprint density at radius 1 is 1.23 bits per heavy atom. The van der Waals surface area contributed by atoms with E-state index in [9.17, 15) is 8.78 Å². The largest absolute Gasteiger partial charge is 0.356 e. The predicted molar refractivity (Wildman–Crippen MR) is 82.5 cm³/mol. The zero-order valence-electron chi connectivity index (χ0n) is 12.3. The number of nitrogens with zero attached hydrogens (tertiary/aromatic N) is 2. The van der Waals surface area contributed by atoms with Crippen LogP contribution in [-0.2, 0) is 13.0 Å². The molecule has 4 nitrogen and oxygen atoms in total. The number of halogens is 2. The van der Waals surface area contributed by atoms with Gasteiger partial charge in [0.15, 0.2) is 5.96 Å². The van der Waals surface area contributed by atoms with Crippen LogP contribution in [0.4, 0.5) is 8.78 Å². The molecule has 0 amide bonds. The summed E-state index contributed by atoms with van der Waals surface area (Å²) in [5.74, 6) is -0.370. The van der Waals surface area contributed by atoms with Crippen molar-refractivity contribution in [2.24, 2.45) is 4.99 Å². The minimum atomic E-state index is -0.460. The van der Waals surface area contributed by atoms with E-state index in [2.05, 4.69) is 20.6 Å². The average molecular weight is 304 g/mol. The third-order valence-corrected chi connectivity index (χ3v) is 3.11. The molecule has 6 heteroatoms. The zero-order chi connectivity index (χ0) is 15.8. The van der Waals surface area contributed by atoms with E-state index in [1.165, 1.54) is 6.07 Å². The van der Waals surface area contributed by atoms with Gasteiger partial charge < -0.3 is 10.6 Å². The molecule has 22 heavy (non-hydrogen) atoms. The Morgan fingerprint density at radius 2 is 2.09 bits per heavy atom. The van der Waals surface area contributed by atoms with Crippen molar-refractivity contribution < 1.29 is 8.78 Å². The van der Waals surface area contributed by atoms with Crippen molar-refractivity contribution >= 4 is 5.96 Å². The standard InChI is InChI=1S/C16H18F2N4/c1-19-16(21-8-6-12-3-2-7-20-10-12)22-11-13-9-14(17)4-5-15(13)18/h2-5,7,9-10H,6,8,11H2,1H3,(H2,19,21,22). The maximum atomic E-state index is 13.5. The lowest BCUT2D eigenvalue weighted by Gasteiger charge is -2.12. The van der Waals surface area contributed by atoms with E-state index in [0.717, 1.165) is 24.1 Å². The van der Waals surface area contributed by atoms with Gasteiger partial charge in [-0.2, -0.15) is 0 Å². The van der Waals surface area contributed by atoms with Gasteiger partial charge in [-0.25, -0.2) is 8.78 Å². The molecule has 1 aromatic heterocycles. The molecule has 2 rings (SSSR count). The van der Waals surface area contributed by atoms with E-state index in [1.807, 2.05) is 12.1 Å². The molecular weight excluding hydrogens is 286 g/mol. The highest BCUT2D eigenvalue weighted by atomic mass is 19.1. The highest BCUT2D eigenvalue weighted by Gasteiger charge is 2.05. The van der Waals surface area contributed by atoms with Crippen molar-refractivity contribution in [1.82, 2.24) is 15.6 Å². The fourth-order valence-electron chi connectivity index (χ4n) is 1.95. The molecule has 0 radical (unpaired) electrons. The minimum absolute atomic E-state index is 0.163. The highest BCUT2D eigenvalue weighted by Crippen LogP contribution is 2.09. The van der Waals surface area contributed by atoms with Crippen molar-refractivity contribution in [3.63, 3.8) is 0 Å². The third-order valence-electron chi connectivity index (χ3n) is 3.11. The maximum Gasteiger partial charge on any atom is 0.191 e. The number of hydrogen-bond acceptors (Lipinski definition) is 2. The molecule has 0 aliphatic heterocycles. The van der Waals surface area contributed by atoms with Crippen LogP contribution in [0.25, 0.3) is 0 Å². The van der Waals surface area contributed by atoms with Crippen LogP contribution in [0.15, 0.2) is 47.7 Å². The number of rotatable bonds is 5. The second kappa shape index (κ2) is 8.07. The molecule has 1 heterocycles. The van der Waals surface area contributed by atoms with E-state index in [1.54, 1.807) is 19.4 Å². The van der Waals surface area contributed by atoms with E-state index in [-0.39, 0.29) is 12.1 Å². The summed E-state index contributed by atoms with van der Waals surface area (Å²) in [7, 11) is 1.63. The van der Waals surface area contributed by atoms with Gasteiger partial charge in [-0.1, -0.05) is 6.07 Å². The van der Waals surface area contributed by atoms with Gasteiger partial charge >= 0.3 is 0 Å². The molecule has 0 saturated heterocycles. The van der Waals surface area contributed by atoms with Gasteiger partial charge in [0.1, 0.15) is 11.6 Å². The van der Waals surface area contributed by atoms with E-state index in [0.29, 0.717) is 12.5 Å². The quantitative estimate of drug-likeness (QED) is 0.658. The van der Waals surface area contributed by atoms with Crippen molar-refractivity contribution in [2.45, 2.75) is 13.0 Å². The topological polar surface area (TPSA) is 49.3 Å². The smallest absolute Gasteiger partial charge is 0.191 e. The Balaban J connectivity index is 1.81. The summed E-state index contributed by atoms with van der Waals surface area (Å²) >= 11 is 0. The number of guanidine groups is 1. The first-order chi connectivity index (χ1) is 10.7. The third kappa shape index (κ3) is 4.80. The van der Waals surface area contributed by atoms with Crippen LogP contribution >= 0.6 is 0 Å². The molecule has 0 fully saturated rings. The second-order valence-electron chi connectivity index (χ2n) is 4.70. The molecule has 0 aliphatic carbocycles. The lowest BCUT2D eigenvalue weighted by Crippen LogP contribution is -2.38. The van der Waals surface area contributed by atoms with E-state index < -0.39 is 11.6 Å². The molecule has 0 aliphatic rings. The SMILES string of the molecule is CN=C(NCCc1cccnc1)NCc1cc(F)ccc1F. The summed E-state index contributed by atoms with van der Waals surface area (Å²) < 4.78 is 26.6.